The van der Waals surface area contributed by atoms with Crippen LogP contribution in [0.15, 0.2) is 59.7 Å². The van der Waals surface area contributed by atoms with Gasteiger partial charge in [-0.3, -0.25) is 4.79 Å². The predicted molar refractivity (Wildman–Crippen MR) is 141 cm³/mol. The van der Waals surface area contributed by atoms with Crippen LogP contribution in [0.4, 0.5) is 4.39 Å². The van der Waals surface area contributed by atoms with Crippen molar-refractivity contribution in [3.8, 4) is 17.6 Å². The molecule has 0 aliphatic carbocycles. The van der Waals surface area contributed by atoms with Gasteiger partial charge >= 0.3 is 0 Å². The number of hydrogen-bond acceptors (Lipinski definition) is 6. The van der Waals surface area contributed by atoms with Gasteiger partial charge in [0.1, 0.15) is 6.67 Å². The minimum absolute atomic E-state index is 0.117. The first-order chi connectivity index (χ1) is 18.0. The van der Waals surface area contributed by atoms with Crippen LogP contribution in [-0.4, -0.2) is 53.6 Å². The summed E-state index contributed by atoms with van der Waals surface area (Å²) in [5.74, 6) is 5.91. The van der Waals surface area contributed by atoms with Gasteiger partial charge in [0.15, 0.2) is 0 Å². The maximum absolute atomic E-state index is 13.0. The van der Waals surface area contributed by atoms with Gasteiger partial charge < -0.3 is 25.5 Å². The lowest BCUT2D eigenvalue weighted by Crippen LogP contribution is -2.32. The van der Waals surface area contributed by atoms with Crippen LogP contribution in [0.2, 0.25) is 0 Å². The summed E-state index contributed by atoms with van der Waals surface area (Å²) in [7, 11) is 0. The lowest BCUT2D eigenvalue weighted by Gasteiger charge is -2.20. The Hall–Kier alpha value is -3.51. The molecule has 2 aromatic carbocycles. The van der Waals surface area contributed by atoms with Gasteiger partial charge in [-0.1, -0.05) is 36.1 Å². The number of halogens is 1. The molecule has 1 saturated heterocycles. The summed E-state index contributed by atoms with van der Waals surface area (Å²) >= 11 is 0. The van der Waals surface area contributed by atoms with Gasteiger partial charge in [0, 0.05) is 55.2 Å². The van der Waals surface area contributed by atoms with Gasteiger partial charge in [-0.25, -0.2) is 9.37 Å². The standard InChI is InChI=1S/C29H33FN4O3/c1-20(15-30)31-17-25(14-27-28(35)29(36)34-19-33-27)24-10-8-22(9-11-24)3-2-21-4-6-23(7-5-21)16-32-26-12-13-37-18-26/h4-11,19-20,25-26,31-32,35H,12-18H2,1H3,(H,33,34,36)/t20-,25+,26+/m0/s1. The van der Waals surface area contributed by atoms with Gasteiger partial charge in [0.05, 0.1) is 18.6 Å². The van der Waals surface area contributed by atoms with E-state index in [4.69, 9.17) is 4.74 Å². The van der Waals surface area contributed by atoms with Crippen molar-refractivity contribution < 1.29 is 14.2 Å². The summed E-state index contributed by atoms with van der Waals surface area (Å²) < 4.78 is 18.4. The molecule has 1 aliphatic rings. The predicted octanol–water partition coefficient (Wildman–Crippen LogP) is 3.03. The highest BCUT2D eigenvalue weighted by molar-refractivity contribution is 5.44. The van der Waals surface area contributed by atoms with Gasteiger partial charge in [-0.2, -0.15) is 0 Å². The molecular weight excluding hydrogens is 471 g/mol. The summed E-state index contributed by atoms with van der Waals surface area (Å²) in [4.78, 5) is 18.3. The highest BCUT2D eigenvalue weighted by atomic mass is 19.1. The molecule has 194 valence electrons. The van der Waals surface area contributed by atoms with E-state index in [1.807, 2.05) is 36.4 Å². The van der Waals surface area contributed by atoms with Gasteiger partial charge in [0.2, 0.25) is 5.75 Å². The number of nitrogens with one attached hydrogen (secondary N) is 3. The monoisotopic (exact) mass is 504 g/mol. The van der Waals surface area contributed by atoms with Crippen molar-refractivity contribution in [2.75, 3.05) is 26.4 Å². The molecular formula is C29H33FN4O3. The van der Waals surface area contributed by atoms with Crippen LogP contribution < -0.4 is 16.2 Å². The van der Waals surface area contributed by atoms with Crippen molar-refractivity contribution >= 4 is 0 Å². The maximum atomic E-state index is 13.0. The number of aromatic hydroxyl groups is 1. The zero-order chi connectivity index (χ0) is 26.0. The van der Waals surface area contributed by atoms with Crippen molar-refractivity contribution in [3.05, 3.63) is 93.2 Å². The fourth-order valence-corrected chi connectivity index (χ4v) is 4.16. The van der Waals surface area contributed by atoms with E-state index in [0.717, 1.165) is 42.9 Å². The first kappa shape index (κ1) is 26.6. The summed E-state index contributed by atoms with van der Waals surface area (Å²) in [6.45, 7) is 4.18. The van der Waals surface area contributed by atoms with E-state index in [-0.39, 0.29) is 17.7 Å². The van der Waals surface area contributed by atoms with E-state index in [9.17, 15) is 14.3 Å². The second-order valence-electron chi connectivity index (χ2n) is 9.40. The smallest absolute Gasteiger partial charge is 0.293 e. The van der Waals surface area contributed by atoms with E-state index in [0.29, 0.717) is 24.7 Å². The van der Waals surface area contributed by atoms with Gasteiger partial charge in [-0.15, -0.1) is 0 Å². The molecule has 4 N–H and O–H groups in total. The fraction of sp³-hybridized carbons (Fsp3) is 0.379. The quantitative estimate of drug-likeness (QED) is 0.317. The summed E-state index contributed by atoms with van der Waals surface area (Å²) in [6.07, 6.45) is 2.67. The Kier molecular flexibility index (Phi) is 9.44. The molecule has 2 heterocycles. The molecule has 0 saturated carbocycles. The molecule has 8 heteroatoms. The second-order valence-corrected chi connectivity index (χ2v) is 9.40. The summed E-state index contributed by atoms with van der Waals surface area (Å²) in [5.41, 5.74) is 3.74. The van der Waals surface area contributed by atoms with Crippen LogP contribution in [-0.2, 0) is 17.7 Å². The Balaban J connectivity index is 1.41. The number of nitrogens with zero attached hydrogens (tertiary/aromatic N) is 1. The third-order valence-corrected chi connectivity index (χ3v) is 6.50. The van der Waals surface area contributed by atoms with Gasteiger partial charge in [-0.05, 0) is 48.7 Å². The first-order valence-electron chi connectivity index (χ1n) is 12.6. The number of aromatic nitrogens is 2. The number of alkyl halides is 1. The molecule has 1 aromatic heterocycles. The molecule has 0 radical (unpaired) electrons. The van der Waals surface area contributed by atoms with Gasteiger partial charge in [0.25, 0.3) is 5.56 Å². The highest BCUT2D eigenvalue weighted by Crippen LogP contribution is 2.23. The van der Waals surface area contributed by atoms with Crippen LogP contribution in [0.25, 0.3) is 0 Å². The average molecular weight is 505 g/mol. The number of benzene rings is 2. The van der Waals surface area contributed by atoms with Crippen LogP contribution in [0, 0.1) is 11.8 Å². The van der Waals surface area contributed by atoms with E-state index in [1.54, 1.807) is 6.92 Å². The lowest BCUT2D eigenvalue weighted by atomic mass is 9.92. The fourth-order valence-electron chi connectivity index (χ4n) is 4.16. The summed E-state index contributed by atoms with van der Waals surface area (Å²) in [5, 5.41) is 16.8. The van der Waals surface area contributed by atoms with E-state index < -0.39 is 12.2 Å². The molecule has 1 fully saturated rings. The Morgan fingerprint density at radius 3 is 2.51 bits per heavy atom. The molecule has 7 nitrogen and oxygen atoms in total. The zero-order valence-corrected chi connectivity index (χ0v) is 21.0. The molecule has 0 amide bonds. The lowest BCUT2D eigenvalue weighted by molar-refractivity contribution is 0.190. The number of ether oxygens (including phenoxy) is 1. The Morgan fingerprint density at radius 1 is 1.16 bits per heavy atom. The normalized spacial score (nSPS) is 16.6. The van der Waals surface area contributed by atoms with Crippen molar-refractivity contribution in [2.45, 2.75) is 44.3 Å². The first-order valence-corrected chi connectivity index (χ1v) is 12.6. The number of rotatable bonds is 10. The molecule has 3 aromatic rings. The second kappa shape index (κ2) is 13.2. The van der Waals surface area contributed by atoms with Crippen LogP contribution in [0.3, 0.4) is 0 Å². The van der Waals surface area contributed by atoms with E-state index in [2.05, 4.69) is 44.6 Å². The maximum Gasteiger partial charge on any atom is 0.293 e. The Morgan fingerprint density at radius 2 is 1.86 bits per heavy atom. The third-order valence-electron chi connectivity index (χ3n) is 6.50. The molecule has 3 atom stereocenters. The molecule has 4 rings (SSSR count). The van der Waals surface area contributed by atoms with Crippen molar-refractivity contribution in [1.29, 1.82) is 0 Å². The van der Waals surface area contributed by atoms with Crippen LogP contribution in [0.1, 0.15) is 47.2 Å². The summed E-state index contributed by atoms with van der Waals surface area (Å²) in [6, 6.07) is 16.2. The number of aromatic amines is 1. The average Bonchev–Trinajstić information content (AvgIpc) is 3.45. The molecule has 1 aliphatic heterocycles. The topological polar surface area (TPSA) is 99.3 Å². The van der Waals surface area contributed by atoms with E-state index >= 15 is 0 Å². The molecule has 0 spiro atoms. The van der Waals surface area contributed by atoms with Crippen molar-refractivity contribution in [1.82, 2.24) is 20.6 Å². The van der Waals surface area contributed by atoms with Crippen LogP contribution >= 0.6 is 0 Å². The third kappa shape index (κ3) is 7.73. The highest BCUT2D eigenvalue weighted by Gasteiger charge is 2.18. The van der Waals surface area contributed by atoms with Crippen molar-refractivity contribution in [3.63, 3.8) is 0 Å². The number of H-pyrrole nitrogens is 1. The van der Waals surface area contributed by atoms with Crippen LogP contribution in [0.5, 0.6) is 5.75 Å². The van der Waals surface area contributed by atoms with E-state index in [1.165, 1.54) is 11.9 Å². The Labute approximate surface area is 216 Å². The van der Waals surface area contributed by atoms with Crippen molar-refractivity contribution in [2.24, 2.45) is 0 Å². The molecule has 0 bridgehead atoms. The Bertz CT molecular complexity index is 1260. The largest absolute Gasteiger partial charge is 0.502 e. The molecule has 37 heavy (non-hydrogen) atoms. The SMILES string of the molecule is C[C@@H](CF)NC[C@@H](Cc1nc[nH]c(=O)c1O)c1ccc(C#Cc2ccc(CN[C@@H]3CCOC3)cc2)cc1. The molecule has 0 unspecified atom stereocenters. The number of hydrogen-bond donors (Lipinski definition) is 4. The minimum atomic E-state index is -0.577. The minimum Gasteiger partial charge on any atom is -0.502 e. The zero-order valence-electron chi connectivity index (χ0n) is 21.0.